The van der Waals surface area contributed by atoms with E-state index < -0.39 is 0 Å². The van der Waals surface area contributed by atoms with E-state index in [-0.39, 0.29) is 18.0 Å². The van der Waals surface area contributed by atoms with Gasteiger partial charge in [0.2, 0.25) is 5.91 Å². The molecule has 1 amide bonds. The molecule has 0 unspecified atom stereocenters. The van der Waals surface area contributed by atoms with Crippen LogP contribution in [0.1, 0.15) is 11.1 Å². The molecule has 0 atom stereocenters. The van der Waals surface area contributed by atoms with Gasteiger partial charge < -0.3 is 9.88 Å². The van der Waals surface area contributed by atoms with Crippen molar-refractivity contribution >= 4 is 39.6 Å². The summed E-state index contributed by atoms with van der Waals surface area (Å²) in [6.07, 6.45) is 3.53. The van der Waals surface area contributed by atoms with Gasteiger partial charge in [-0.25, -0.2) is 4.98 Å². The molecule has 2 heterocycles. The van der Waals surface area contributed by atoms with E-state index in [4.69, 9.17) is 4.98 Å². The highest BCUT2D eigenvalue weighted by Crippen LogP contribution is 2.22. The summed E-state index contributed by atoms with van der Waals surface area (Å²) in [5.74, 6) is 0.321. The number of nitrogens with zero attached hydrogens (tertiary/aromatic N) is 4. The number of aromatic nitrogens is 3. The zero-order valence-corrected chi connectivity index (χ0v) is 21.3. The van der Waals surface area contributed by atoms with E-state index >= 15 is 0 Å². The fourth-order valence-corrected chi connectivity index (χ4v) is 4.63. The van der Waals surface area contributed by atoms with Gasteiger partial charge in [-0.2, -0.15) is 9.78 Å². The van der Waals surface area contributed by atoms with Gasteiger partial charge in [-0.15, -0.1) is 0 Å². The van der Waals surface area contributed by atoms with E-state index in [1.54, 1.807) is 12.3 Å². The fourth-order valence-electron chi connectivity index (χ4n) is 4.63. The van der Waals surface area contributed by atoms with Gasteiger partial charge in [0.25, 0.3) is 5.56 Å². The summed E-state index contributed by atoms with van der Waals surface area (Å²) < 4.78 is 3.23. The van der Waals surface area contributed by atoms with Crippen molar-refractivity contribution in [3.63, 3.8) is 0 Å². The molecule has 0 bridgehead atoms. The minimum atomic E-state index is -0.253. The number of anilines is 1. The van der Waals surface area contributed by atoms with Crippen LogP contribution < -0.4 is 10.9 Å². The standard InChI is InChI=1S/C32H25N5O2/c1-22-15-17-25(18-16-22)34-30(38)21-36-20-24(26-11-6-8-14-29(26)36)19-33-37-31(23-9-3-2-4-10-23)35-28-13-7-5-12-27(28)32(37)39/h2-20H,21H2,1H3,(H,34,38). The maximum Gasteiger partial charge on any atom is 0.282 e. The second-order valence-corrected chi connectivity index (χ2v) is 9.32. The second-order valence-electron chi connectivity index (χ2n) is 9.32. The average molecular weight is 512 g/mol. The lowest BCUT2D eigenvalue weighted by atomic mass is 10.2. The molecule has 0 saturated heterocycles. The zero-order valence-electron chi connectivity index (χ0n) is 21.3. The SMILES string of the molecule is Cc1ccc(NC(=O)Cn2cc(C=Nn3c(-c4ccccc4)nc4ccccc4c3=O)c3ccccc32)cc1. The molecule has 0 radical (unpaired) electrons. The summed E-state index contributed by atoms with van der Waals surface area (Å²) in [4.78, 5) is 31.1. The molecule has 39 heavy (non-hydrogen) atoms. The van der Waals surface area contributed by atoms with Gasteiger partial charge in [-0.1, -0.05) is 78.4 Å². The van der Waals surface area contributed by atoms with Gasteiger partial charge in [0.15, 0.2) is 5.82 Å². The topological polar surface area (TPSA) is 81.3 Å². The van der Waals surface area contributed by atoms with Crippen molar-refractivity contribution in [3.8, 4) is 11.4 Å². The van der Waals surface area contributed by atoms with Gasteiger partial charge in [-0.05, 0) is 37.3 Å². The summed E-state index contributed by atoms with van der Waals surface area (Å²) in [7, 11) is 0. The quantitative estimate of drug-likeness (QED) is 0.285. The van der Waals surface area contributed by atoms with E-state index in [1.165, 1.54) is 4.68 Å². The number of hydrogen-bond donors (Lipinski definition) is 1. The number of aryl methyl sites for hydroxylation is 1. The lowest BCUT2D eigenvalue weighted by Gasteiger charge is -2.09. The first-order valence-electron chi connectivity index (χ1n) is 12.6. The van der Waals surface area contributed by atoms with Crippen LogP contribution in [0.3, 0.4) is 0 Å². The van der Waals surface area contributed by atoms with E-state index in [1.807, 2.05) is 115 Å². The Balaban J connectivity index is 1.39. The van der Waals surface area contributed by atoms with E-state index in [9.17, 15) is 9.59 Å². The summed E-state index contributed by atoms with van der Waals surface area (Å²) >= 11 is 0. The van der Waals surface area contributed by atoms with Crippen molar-refractivity contribution in [2.75, 3.05) is 5.32 Å². The summed E-state index contributed by atoms with van der Waals surface area (Å²) in [6.45, 7) is 2.14. The highest BCUT2D eigenvalue weighted by atomic mass is 16.2. The Bertz CT molecular complexity index is 1900. The first-order valence-corrected chi connectivity index (χ1v) is 12.6. The van der Waals surface area contributed by atoms with Crippen LogP contribution in [-0.4, -0.2) is 26.3 Å². The molecule has 0 fully saturated rings. The predicted octanol–water partition coefficient (Wildman–Crippen LogP) is 5.85. The monoisotopic (exact) mass is 511 g/mol. The molecule has 0 aliphatic heterocycles. The summed E-state index contributed by atoms with van der Waals surface area (Å²) in [6, 6.07) is 32.3. The van der Waals surface area contributed by atoms with Crippen LogP contribution in [0.15, 0.2) is 119 Å². The highest BCUT2D eigenvalue weighted by Gasteiger charge is 2.14. The first-order chi connectivity index (χ1) is 19.1. The third-order valence-electron chi connectivity index (χ3n) is 6.57. The number of carbonyl (C=O) groups excluding carboxylic acids is 1. The van der Waals surface area contributed by atoms with Gasteiger partial charge in [0.05, 0.1) is 17.1 Å². The number of carbonyl (C=O) groups is 1. The Morgan fingerprint density at radius 2 is 1.56 bits per heavy atom. The maximum absolute atomic E-state index is 13.5. The molecular weight excluding hydrogens is 486 g/mol. The Hall–Kier alpha value is -5.30. The van der Waals surface area contributed by atoms with Crippen LogP contribution in [0.25, 0.3) is 33.2 Å². The number of hydrogen-bond acceptors (Lipinski definition) is 4. The number of nitrogens with one attached hydrogen (secondary N) is 1. The molecule has 0 aliphatic rings. The molecule has 6 rings (SSSR count). The smallest absolute Gasteiger partial charge is 0.282 e. The second kappa shape index (κ2) is 10.2. The Labute approximate surface area is 224 Å². The number of amides is 1. The molecule has 1 N–H and O–H groups in total. The molecule has 2 aromatic heterocycles. The molecular formula is C32H25N5O2. The van der Waals surface area contributed by atoms with Crippen LogP contribution >= 0.6 is 0 Å². The van der Waals surface area contributed by atoms with Crippen molar-refractivity contribution in [1.82, 2.24) is 14.2 Å². The van der Waals surface area contributed by atoms with E-state index in [2.05, 4.69) is 10.4 Å². The summed E-state index contributed by atoms with van der Waals surface area (Å²) in [5, 5.41) is 8.99. The lowest BCUT2D eigenvalue weighted by Crippen LogP contribution is -2.20. The minimum absolute atomic E-state index is 0.134. The maximum atomic E-state index is 13.5. The van der Waals surface area contributed by atoms with Crippen molar-refractivity contribution in [2.24, 2.45) is 5.10 Å². The Morgan fingerprint density at radius 3 is 2.36 bits per heavy atom. The number of fused-ring (bicyclic) bond motifs is 2. The van der Waals surface area contributed by atoms with Crippen molar-refractivity contribution < 1.29 is 4.79 Å². The molecule has 7 heteroatoms. The van der Waals surface area contributed by atoms with Gasteiger partial charge in [0.1, 0.15) is 6.54 Å². The molecule has 6 aromatic rings. The number of rotatable bonds is 6. The molecule has 190 valence electrons. The largest absolute Gasteiger partial charge is 0.337 e. The molecule has 0 saturated carbocycles. The first kappa shape index (κ1) is 24.1. The number of para-hydroxylation sites is 2. The Kier molecular flexibility index (Phi) is 6.31. The van der Waals surface area contributed by atoms with Gasteiger partial charge in [0, 0.05) is 33.9 Å². The molecule has 0 spiro atoms. The van der Waals surface area contributed by atoms with Gasteiger partial charge >= 0.3 is 0 Å². The van der Waals surface area contributed by atoms with Crippen molar-refractivity contribution in [2.45, 2.75) is 13.5 Å². The molecule has 7 nitrogen and oxygen atoms in total. The summed E-state index contributed by atoms with van der Waals surface area (Å²) in [5.41, 5.74) is 4.71. The van der Waals surface area contributed by atoms with E-state index in [0.717, 1.165) is 33.3 Å². The fraction of sp³-hybridized carbons (Fsp3) is 0.0625. The highest BCUT2D eigenvalue weighted by molar-refractivity contribution is 6.00. The zero-order chi connectivity index (χ0) is 26.8. The van der Waals surface area contributed by atoms with Crippen LogP contribution in [0, 0.1) is 6.92 Å². The average Bonchev–Trinajstić information content (AvgIpc) is 3.31. The Morgan fingerprint density at radius 1 is 0.872 bits per heavy atom. The van der Waals surface area contributed by atoms with Gasteiger partial charge in [-0.3, -0.25) is 9.59 Å². The van der Waals surface area contributed by atoms with Crippen molar-refractivity contribution in [3.05, 3.63) is 131 Å². The molecule has 0 aliphatic carbocycles. The lowest BCUT2D eigenvalue weighted by molar-refractivity contribution is -0.116. The normalized spacial score (nSPS) is 11.4. The minimum Gasteiger partial charge on any atom is -0.337 e. The van der Waals surface area contributed by atoms with Crippen LogP contribution in [-0.2, 0) is 11.3 Å². The van der Waals surface area contributed by atoms with Crippen LogP contribution in [0.4, 0.5) is 5.69 Å². The third-order valence-corrected chi connectivity index (χ3v) is 6.57. The number of benzene rings is 4. The third kappa shape index (κ3) is 4.85. The van der Waals surface area contributed by atoms with Crippen LogP contribution in [0.5, 0.6) is 0 Å². The van der Waals surface area contributed by atoms with Crippen molar-refractivity contribution in [1.29, 1.82) is 0 Å². The van der Waals surface area contributed by atoms with E-state index in [0.29, 0.717) is 16.7 Å². The molecule has 4 aromatic carbocycles. The predicted molar refractivity (Wildman–Crippen MR) is 156 cm³/mol. The van der Waals surface area contributed by atoms with Crippen LogP contribution in [0.2, 0.25) is 0 Å².